The van der Waals surface area contributed by atoms with Crippen LogP contribution in [0, 0.1) is 5.92 Å². The molecule has 0 aliphatic rings. The minimum Gasteiger partial charge on any atom is -0.444 e. The van der Waals surface area contributed by atoms with Crippen LogP contribution in [0.15, 0.2) is 11.3 Å². The van der Waals surface area contributed by atoms with Crippen LogP contribution in [0.4, 0.5) is 4.79 Å². The Morgan fingerprint density at radius 2 is 1.54 bits per heavy atom. The molecule has 0 aromatic heterocycles. The zero-order valence-corrected chi connectivity index (χ0v) is 18.2. The average molecular weight is 345 g/mol. The van der Waals surface area contributed by atoms with E-state index < -0.39 is 5.60 Å². The van der Waals surface area contributed by atoms with Crippen molar-refractivity contribution in [1.82, 2.24) is 4.90 Å². The van der Waals surface area contributed by atoms with Crippen LogP contribution in [-0.2, 0) is 4.74 Å². The summed E-state index contributed by atoms with van der Waals surface area (Å²) in [6, 6.07) is 0. The first-order valence-electron chi connectivity index (χ1n) is 9.36. The molecular weight excluding hydrogens is 300 g/mol. The fourth-order valence-corrected chi connectivity index (χ4v) is 1.77. The van der Waals surface area contributed by atoms with Gasteiger partial charge in [0.05, 0.1) is 0 Å². The highest BCUT2D eigenvalue weighted by atomic mass is 16.6. The second-order valence-electron chi connectivity index (χ2n) is 6.96. The highest BCUT2D eigenvalue weighted by Crippen LogP contribution is 2.19. The van der Waals surface area contributed by atoms with Gasteiger partial charge < -0.3 is 15.4 Å². The molecule has 1 atom stereocenters. The maximum atomic E-state index is 11.8. The van der Waals surface area contributed by atoms with Crippen molar-refractivity contribution in [3.8, 4) is 0 Å². The number of ether oxygens (including phenoxy) is 1. The number of allylic oxidation sites excluding steroid dienone is 2. The van der Waals surface area contributed by atoms with Crippen molar-refractivity contribution in [2.24, 2.45) is 11.7 Å². The number of nitrogens with zero attached hydrogens (tertiary/aromatic N) is 1. The molecule has 0 bridgehead atoms. The quantitative estimate of drug-likeness (QED) is 0.669. The lowest BCUT2D eigenvalue weighted by Gasteiger charge is -2.26. The molecule has 1 amide bonds. The molecule has 0 fully saturated rings. The molecule has 146 valence electrons. The lowest BCUT2D eigenvalue weighted by Crippen LogP contribution is -2.35. The normalized spacial score (nSPS) is 11.1. The van der Waals surface area contributed by atoms with Crippen LogP contribution >= 0.6 is 0 Å². The Balaban J connectivity index is -0.000000786. The second-order valence-corrected chi connectivity index (χ2v) is 6.96. The number of carbonyl (C=O) groups excluding carboxylic acids is 1. The lowest BCUT2D eigenvalue weighted by molar-refractivity contribution is 0.0292. The van der Waals surface area contributed by atoms with Crippen LogP contribution in [0.25, 0.3) is 0 Å². The van der Waals surface area contributed by atoms with Gasteiger partial charge in [-0.25, -0.2) is 4.79 Å². The Bertz CT molecular complexity index is 340. The van der Waals surface area contributed by atoms with E-state index in [1.54, 1.807) is 11.9 Å². The average Bonchev–Trinajstić information content (AvgIpc) is 2.48. The van der Waals surface area contributed by atoms with Gasteiger partial charge in [0, 0.05) is 19.3 Å². The molecule has 4 nitrogen and oxygen atoms in total. The summed E-state index contributed by atoms with van der Waals surface area (Å²) in [5.41, 5.74) is 7.73. The number of hydrogen-bond donors (Lipinski definition) is 1. The van der Waals surface area contributed by atoms with Crippen LogP contribution in [-0.4, -0.2) is 30.2 Å². The first-order valence-corrected chi connectivity index (χ1v) is 9.36. The summed E-state index contributed by atoms with van der Waals surface area (Å²) in [5, 5.41) is 0. The standard InChI is InChI=1S/C15H30N2O2.C3H8.C2H6/c1-8-12(13(16)11(2)3)9-10-17(7)14(18)19-15(4,5)6;1-3-2;1-2/h12H,8-10,16H2,1-7H3;3H2,1-2H3;1-2H3. The van der Waals surface area contributed by atoms with Crippen molar-refractivity contribution in [1.29, 1.82) is 0 Å². The number of amides is 1. The molecule has 0 spiro atoms. The van der Waals surface area contributed by atoms with Gasteiger partial charge in [0.2, 0.25) is 0 Å². The molecule has 1 unspecified atom stereocenters. The number of nitrogens with two attached hydrogens (primary N) is 1. The lowest BCUT2D eigenvalue weighted by atomic mass is 9.96. The summed E-state index contributed by atoms with van der Waals surface area (Å²) < 4.78 is 5.32. The van der Waals surface area contributed by atoms with Gasteiger partial charge in [-0.15, -0.1) is 0 Å². The number of hydrogen-bond acceptors (Lipinski definition) is 3. The van der Waals surface area contributed by atoms with Crippen molar-refractivity contribution in [3.63, 3.8) is 0 Å². The van der Waals surface area contributed by atoms with Crippen molar-refractivity contribution in [3.05, 3.63) is 11.3 Å². The Labute approximate surface area is 151 Å². The maximum Gasteiger partial charge on any atom is 0.410 e. The molecular formula is C20H44N2O2. The minimum absolute atomic E-state index is 0.280. The molecule has 0 radical (unpaired) electrons. The molecule has 0 heterocycles. The molecule has 0 saturated carbocycles. The summed E-state index contributed by atoms with van der Waals surface area (Å²) in [4.78, 5) is 13.4. The van der Waals surface area contributed by atoms with Gasteiger partial charge in [0.1, 0.15) is 5.60 Å². The Morgan fingerprint density at radius 1 is 1.12 bits per heavy atom. The topological polar surface area (TPSA) is 55.6 Å². The van der Waals surface area contributed by atoms with E-state index in [1.807, 2.05) is 48.5 Å². The predicted molar refractivity (Wildman–Crippen MR) is 107 cm³/mol. The summed E-state index contributed by atoms with van der Waals surface area (Å²) in [6.07, 6.45) is 2.82. The van der Waals surface area contributed by atoms with Crippen LogP contribution < -0.4 is 5.73 Å². The van der Waals surface area contributed by atoms with E-state index in [-0.39, 0.29) is 6.09 Å². The first kappa shape index (κ1) is 27.6. The predicted octanol–water partition coefficient (Wildman–Crippen LogP) is 5.96. The van der Waals surface area contributed by atoms with E-state index in [0.29, 0.717) is 12.5 Å². The van der Waals surface area contributed by atoms with Gasteiger partial charge >= 0.3 is 6.09 Å². The molecule has 2 N–H and O–H groups in total. The summed E-state index contributed by atoms with van der Waals surface area (Å²) >= 11 is 0. The zero-order valence-electron chi connectivity index (χ0n) is 18.2. The SMILES string of the molecule is CC.CCC.CCC(CCN(C)C(=O)OC(C)(C)C)C(N)=C(C)C. The van der Waals surface area contributed by atoms with E-state index in [4.69, 9.17) is 10.5 Å². The molecule has 0 aromatic rings. The molecule has 4 heteroatoms. The van der Waals surface area contributed by atoms with Crippen molar-refractivity contribution in [2.75, 3.05) is 13.6 Å². The van der Waals surface area contributed by atoms with Crippen LogP contribution in [0.3, 0.4) is 0 Å². The van der Waals surface area contributed by atoms with Gasteiger partial charge in [-0.3, -0.25) is 0 Å². The highest BCUT2D eigenvalue weighted by Gasteiger charge is 2.20. The van der Waals surface area contributed by atoms with Crippen molar-refractivity contribution >= 4 is 6.09 Å². The second kappa shape index (κ2) is 15.3. The third-order valence-corrected chi connectivity index (χ3v) is 3.03. The van der Waals surface area contributed by atoms with Crippen LogP contribution in [0.1, 0.15) is 88.5 Å². The summed E-state index contributed by atoms with van der Waals surface area (Å²) in [6.45, 7) is 20.7. The van der Waals surface area contributed by atoms with E-state index in [9.17, 15) is 4.79 Å². The summed E-state index contributed by atoms with van der Waals surface area (Å²) in [5.74, 6) is 0.329. The molecule has 0 aliphatic heterocycles. The van der Waals surface area contributed by atoms with Gasteiger partial charge in [-0.1, -0.05) is 46.6 Å². The largest absolute Gasteiger partial charge is 0.444 e. The van der Waals surface area contributed by atoms with E-state index in [0.717, 1.165) is 24.1 Å². The minimum atomic E-state index is -0.450. The highest BCUT2D eigenvalue weighted by molar-refractivity contribution is 5.67. The van der Waals surface area contributed by atoms with Crippen molar-refractivity contribution in [2.45, 2.75) is 94.1 Å². The molecule has 0 aliphatic carbocycles. The molecule has 0 aromatic carbocycles. The van der Waals surface area contributed by atoms with Crippen LogP contribution in [0.2, 0.25) is 0 Å². The van der Waals surface area contributed by atoms with Gasteiger partial charge in [0.25, 0.3) is 0 Å². The fraction of sp³-hybridized carbons (Fsp3) is 0.850. The first-order chi connectivity index (χ1) is 11.0. The number of carbonyl (C=O) groups is 1. The van der Waals surface area contributed by atoms with Gasteiger partial charge in [-0.2, -0.15) is 0 Å². The van der Waals surface area contributed by atoms with Gasteiger partial charge in [-0.05, 0) is 53.4 Å². The third kappa shape index (κ3) is 15.7. The Morgan fingerprint density at radius 3 is 1.83 bits per heavy atom. The maximum absolute atomic E-state index is 11.8. The molecule has 0 saturated heterocycles. The van der Waals surface area contributed by atoms with E-state index in [2.05, 4.69) is 20.8 Å². The van der Waals surface area contributed by atoms with Gasteiger partial charge in [0.15, 0.2) is 0 Å². The summed E-state index contributed by atoms with van der Waals surface area (Å²) in [7, 11) is 1.76. The van der Waals surface area contributed by atoms with E-state index in [1.165, 1.54) is 6.42 Å². The third-order valence-electron chi connectivity index (χ3n) is 3.03. The van der Waals surface area contributed by atoms with Crippen molar-refractivity contribution < 1.29 is 9.53 Å². The monoisotopic (exact) mass is 344 g/mol. The number of rotatable bonds is 5. The van der Waals surface area contributed by atoms with Crippen LogP contribution in [0.5, 0.6) is 0 Å². The smallest absolute Gasteiger partial charge is 0.410 e. The van der Waals surface area contributed by atoms with E-state index >= 15 is 0 Å². The molecule has 0 rings (SSSR count). The Hall–Kier alpha value is -1.19. The molecule has 24 heavy (non-hydrogen) atoms. The Kier molecular flexibility index (Phi) is 17.7. The zero-order chi connectivity index (χ0) is 19.9. The fourth-order valence-electron chi connectivity index (χ4n) is 1.77.